The van der Waals surface area contributed by atoms with Gasteiger partial charge in [-0.3, -0.25) is 9.69 Å². The SMILES string of the molecule is CC(C)(C)N1CC[C@H](CNC(=O)c2cn[nH]n2)C1. The van der Waals surface area contributed by atoms with E-state index in [4.69, 9.17) is 0 Å². The predicted molar refractivity (Wildman–Crippen MR) is 68.1 cm³/mol. The first-order chi connectivity index (χ1) is 8.47. The summed E-state index contributed by atoms with van der Waals surface area (Å²) in [5.74, 6) is 0.373. The predicted octanol–water partition coefficient (Wildman–Crippen LogP) is 0.655. The van der Waals surface area contributed by atoms with Gasteiger partial charge in [-0.05, 0) is 39.7 Å². The van der Waals surface area contributed by atoms with E-state index in [0.717, 1.165) is 19.5 Å². The Bertz CT molecular complexity index is 395. The number of amides is 1. The fourth-order valence-corrected chi connectivity index (χ4v) is 2.25. The van der Waals surface area contributed by atoms with E-state index in [0.29, 0.717) is 18.2 Å². The molecule has 100 valence electrons. The normalized spacial score (nSPS) is 21.2. The molecule has 1 aliphatic rings. The Labute approximate surface area is 107 Å². The van der Waals surface area contributed by atoms with Gasteiger partial charge in [0.15, 0.2) is 5.69 Å². The number of rotatable bonds is 3. The van der Waals surface area contributed by atoms with E-state index in [1.165, 1.54) is 6.20 Å². The lowest BCUT2D eigenvalue weighted by atomic mass is 10.1. The number of nitrogens with zero attached hydrogens (tertiary/aromatic N) is 3. The maximum absolute atomic E-state index is 11.7. The summed E-state index contributed by atoms with van der Waals surface area (Å²) in [4.78, 5) is 14.2. The van der Waals surface area contributed by atoms with Gasteiger partial charge < -0.3 is 5.32 Å². The quantitative estimate of drug-likeness (QED) is 0.827. The van der Waals surface area contributed by atoms with Crippen LogP contribution in [0.2, 0.25) is 0 Å². The molecule has 2 N–H and O–H groups in total. The van der Waals surface area contributed by atoms with Gasteiger partial charge in [0.05, 0.1) is 6.20 Å². The van der Waals surface area contributed by atoms with Crippen LogP contribution in [-0.2, 0) is 0 Å². The van der Waals surface area contributed by atoms with Crippen LogP contribution in [0.3, 0.4) is 0 Å². The van der Waals surface area contributed by atoms with Crippen molar-refractivity contribution in [1.29, 1.82) is 0 Å². The van der Waals surface area contributed by atoms with E-state index in [1.807, 2.05) is 0 Å². The van der Waals surface area contributed by atoms with Gasteiger partial charge in [-0.2, -0.15) is 15.4 Å². The number of aromatic amines is 1. The Morgan fingerprint density at radius 2 is 2.39 bits per heavy atom. The number of hydrogen-bond donors (Lipinski definition) is 2. The van der Waals surface area contributed by atoms with Gasteiger partial charge in [-0.25, -0.2) is 0 Å². The molecule has 1 fully saturated rings. The van der Waals surface area contributed by atoms with E-state index in [1.54, 1.807) is 0 Å². The van der Waals surface area contributed by atoms with Crippen molar-refractivity contribution in [2.45, 2.75) is 32.7 Å². The van der Waals surface area contributed by atoms with Crippen molar-refractivity contribution in [3.63, 3.8) is 0 Å². The highest BCUT2D eigenvalue weighted by molar-refractivity contribution is 5.91. The number of carbonyl (C=O) groups is 1. The van der Waals surface area contributed by atoms with Crippen LogP contribution in [0.4, 0.5) is 0 Å². The van der Waals surface area contributed by atoms with E-state index >= 15 is 0 Å². The number of aromatic nitrogens is 3. The Balaban J connectivity index is 1.77. The third-order valence-electron chi connectivity index (χ3n) is 3.43. The third-order valence-corrected chi connectivity index (χ3v) is 3.43. The molecule has 2 rings (SSSR count). The second-order valence-corrected chi connectivity index (χ2v) is 5.84. The average Bonchev–Trinajstić information content (AvgIpc) is 2.96. The van der Waals surface area contributed by atoms with E-state index in [-0.39, 0.29) is 11.4 Å². The maximum Gasteiger partial charge on any atom is 0.273 e. The van der Waals surface area contributed by atoms with Crippen LogP contribution in [0.15, 0.2) is 6.20 Å². The highest BCUT2D eigenvalue weighted by atomic mass is 16.1. The summed E-state index contributed by atoms with van der Waals surface area (Å²) in [6.07, 6.45) is 2.57. The Morgan fingerprint density at radius 1 is 1.61 bits per heavy atom. The lowest BCUT2D eigenvalue weighted by Crippen LogP contribution is -2.40. The molecule has 0 aliphatic carbocycles. The highest BCUT2D eigenvalue weighted by Crippen LogP contribution is 2.23. The molecule has 1 aromatic heterocycles. The Kier molecular flexibility index (Phi) is 3.65. The van der Waals surface area contributed by atoms with Crippen molar-refractivity contribution >= 4 is 5.91 Å². The molecule has 0 spiro atoms. The van der Waals surface area contributed by atoms with Crippen molar-refractivity contribution in [1.82, 2.24) is 25.6 Å². The molecule has 1 saturated heterocycles. The van der Waals surface area contributed by atoms with Crippen LogP contribution >= 0.6 is 0 Å². The van der Waals surface area contributed by atoms with Gasteiger partial charge in [0.25, 0.3) is 5.91 Å². The molecule has 18 heavy (non-hydrogen) atoms. The smallest absolute Gasteiger partial charge is 0.273 e. The van der Waals surface area contributed by atoms with E-state index in [9.17, 15) is 4.79 Å². The molecule has 1 aromatic rings. The topological polar surface area (TPSA) is 73.9 Å². The summed E-state index contributed by atoms with van der Waals surface area (Å²) < 4.78 is 0. The fraction of sp³-hybridized carbons (Fsp3) is 0.750. The van der Waals surface area contributed by atoms with Crippen LogP contribution < -0.4 is 5.32 Å². The summed E-state index contributed by atoms with van der Waals surface area (Å²) >= 11 is 0. The maximum atomic E-state index is 11.7. The largest absolute Gasteiger partial charge is 0.350 e. The number of likely N-dealkylation sites (tertiary alicyclic amines) is 1. The van der Waals surface area contributed by atoms with Gasteiger partial charge in [-0.1, -0.05) is 0 Å². The van der Waals surface area contributed by atoms with Gasteiger partial charge in [0.1, 0.15) is 0 Å². The van der Waals surface area contributed by atoms with Crippen LogP contribution in [0.1, 0.15) is 37.7 Å². The molecule has 0 aromatic carbocycles. The van der Waals surface area contributed by atoms with Gasteiger partial charge in [-0.15, -0.1) is 0 Å². The third kappa shape index (κ3) is 3.07. The van der Waals surface area contributed by atoms with E-state index < -0.39 is 0 Å². The summed E-state index contributed by atoms with van der Waals surface area (Å²) in [7, 11) is 0. The fourth-order valence-electron chi connectivity index (χ4n) is 2.25. The zero-order valence-corrected chi connectivity index (χ0v) is 11.2. The minimum Gasteiger partial charge on any atom is -0.350 e. The van der Waals surface area contributed by atoms with Crippen molar-refractivity contribution in [2.24, 2.45) is 5.92 Å². The average molecular weight is 251 g/mol. The molecule has 0 radical (unpaired) electrons. The highest BCUT2D eigenvalue weighted by Gasteiger charge is 2.30. The minimum absolute atomic E-state index is 0.155. The Hall–Kier alpha value is -1.43. The molecule has 1 atom stereocenters. The van der Waals surface area contributed by atoms with Gasteiger partial charge >= 0.3 is 0 Å². The zero-order chi connectivity index (χ0) is 13.2. The second-order valence-electron chi connectivity index (χ2n) is 5.84. The van der Waals surface area contributed by atoms with Crippen molar-refractivity contribution in [3.05, 3.63) is 11.9 Å². The minimum atomic E-state index is -0.155. The van der Waals surface area contributed by atoms with Gasteiger partial charge in [0.2, 0.25) is 0 Å². The van der Waals surface area contributed by atoms with Gasteiger partial charge in [0, 0.05) is 18.6 Å². The number of hydrogen-bond acceptors (Lipinski definition) is 4. The molecule has 2 heterocycles. The molecular formula is C12H21N5O. The first kappa shape index (κ1) is 13.0. The monoisotopic (exact) mass is 251 g/mol. The van der Waals surface area contributed by atoms with Crippen molar-refractivity contribution in [3.8, 4) is 0 Å². The second kappa shape index (κ2) is 5.06. The number of nitrogens with one attached hydrogen (secondary N) is 2. The summed E-state index contributed by atoms with van der Waals surface area (Å²) in [5, 5.41) is 12.7. The van der Waals surface area contributed by atoms with Crippen LogP contribution in [0.25, 0.3) is 0 Å². The summed E-state index contributed by atoms with van der Waals surface area (Å²) in [6, 6.07) is 0. The number of carbonyl (C=O) groups excluding carboxylic acids is 1. The van der Waals surface area contributed by atoms with Crippen LogP contribution in [-0.4, -0.2) is 51.4 Å². The number of H-pyrrole nitrogens is 1. The first-order valence-corrected chi connectivity index (χ1v) is 6.36. The van der Waals surface area contributed by atoms with Crippen molar-refractivity contribution in [2.75, 3.05) is 19.6 Å². The molecule has 0 saturated carbocycles. The Morgan fingerprint density at radius 3 is 2.94 bits per heavy atom. The summed E-state index contributed by atoms with van der Waals surface area (Å²) in [6.45, 7) is 9.53. The van der Waals surface area contributed by atoms with Crippen LogP contribution in [0, 0.1) is 5.92 Å². The molecule has 0 bridgehead atoms. The molecule has 6 nitrogen and oxygen atoms in total. The first-order valence-electron chi connectivity index (χ1n) is 6.36. The van der Waals surface area contributed by atoms with Crippen LogP contribution in [0.5, 0.6) is 0 Å². The molecular weight excluding hydrogens is 230 g/mol. The lowest BCUT2D eigenvalue weighted by Gasteiger charge is -2.31. The summed E-state index contributed by atoms with van der Waals surface area (Å²) in [5.41, 5.74) is 0.561. The lowest BCUT2D eigenvalue weighted by molar-refractivity contribution is 0.0941. The standard InChI is InChI=1S/C12H21N5O/c1-12(2,3)17-5-4-9(8-17)6-13-11(18)10-7-14-16-15-10/h7,9H,4-6,8H2,1-3H3,(H,13,18)(H,14,15,16)/t9-/m1/s1. The molecule has 0 unspecified atom stereocenters. The molecule has 1 aliphatic heterocycles. The molecule has 6 heteroatoms. The zero-order valence-electron chi connectivity index (χ0n) is 11.2. The molecule has 1 amide bonds. The van der Waals surface area contributed by atoms with E-state index in [2.05, 4.69) is 46.4 Å². The van der Waals surface area contributed by atoms with Crippen molar-refractivity contribution < 1.29 is 4.79 Å².